The molecule has 36 heavy (non-hydrogen) atoms. The van der Waals surface area contributed by atoms with E-state index in [-0.39, 0.29) is 5.91 Å². The predicted octanol–water partition coefficient (Wildman–Crippen LogP) is 7.13. The number of anilines is 1. The van der Waals surface area contributed by atoms with Gasteiger partial charge in [-0.2, -0.15) is 5.10 Å². The van der Waals surface area contributed by atoms with Crippen LogP contribution in [0.3, 0.4) is 0 Å². The standard InChI is InChI=1S/C30H23N3O2S/c34-30(29-14-21(20-36-29)19-35-27-13-12-22-6-1-2-8-24(22)15-27)32-26-16-31-33(18-26)17-25-10-5-9-23-7-3-4-11-28(23)25/h1-16,18,20H,17,19H2,(H,32,34). The largest absolute Gasteiger partial charge is 0.489 e. The van der Waals surface area contributed by atoms with Crippen LogP contribution in [0.5, 0.6) is 5.75 Å². The number of hydrogen-bond acceptors (Lipinski definition) is 4. The highest BCUT2D eigenvalue weighted by Crippen LogP contribution is 2.24. The maximum Gasteiger partial charge on any atom is 0.265 e. The Hall–Kier alpha value is -4.42. The van der Waals surface area contributed by atoms with Gasteiger partial charge in [-0.05, 0) is 50.7 Å². The smallest absolute Gasteiger partial charge is 0.265 e. The lowest BCUT2D eigenvalue weighted by Gasteiger charge is -2.06. The van der Waals surface area contributed by atoms with E-state index >= 15 is 0 Å². The zero-order chi connectivity index (χ0) is 24.3. The molecule has 0 aliphatic rings. The van der Waals surface area contributed by atoms with Crippen LogP contribution < -0.4 is 10.1 Å². The summed E-state index contributed by atoms with van der Waals surface area (Å²) in [5.74, 6) is 0.658. The third-order valence-corrected chi connectivity index (χ3v) is 7.09. The van der Waals surface area contributed by atoms with Crippen LogP contribution in [0.15, 0.2) is 109 Å². The summed E-state index contributed by atoms with van der Waals surface area (Å²) in [7, 11) is 0. The molecule has 0 radical (unpaired) electrons. The maximum absolute atomic E-state index is 12.8. The quantitative estimate of drug-likeness (QED) is 0.259. The molecule has 1 amide bonds. The van der Waals surface area contributed by atoms with Crippen molar-refractivity contribution in [3.05, 3.63) is 125 Å². The first kappa shape index (κ1) is 22.1. The Kier molecular flexibility index (Phi) is 5.93. The Morgan fingerprint density at radius 1 is 0.889 bits per heavy atom. The van der Waals surface area contributed by atoms with Gasteiger partial charge in [0.1, 0.15) is 12.4 Å². The number of nitrogens with zero attached hydrogens (tertiary/aromatic N) is 2. The lowest BCUT2D eigenvalue weighted by Crippen LogP contribution is -2.09. The molecule has 5 nitrogen and oxygen atoms in total. The lowest BCUT2D eigenvalue weighted by atomic mass is 10.0. The topological polar surface area (TPSA) is 56.2 Å². The molecule has 6 aromatic rings. The molecule has 0 saturated heterocycles. The van der Waals surface area contributed by atoms with Gasteiger partial charge < -0.3 is 10.1 Å². The molecule has 0 unspecified atom stereocenters. The molecule has 0 fully saturated rings. The molecular weight excluding hydrogens is 466 g/mol. The fraction of sp³-hybridized carbons (Fsp3) is 0.0667. The van der Waals surface area contributed by atoms with Crippen LogP contribution in [0.2, 0.25) is 0 Å². The molecule has 1 N–H and O–H groups in total. The molecular formula is C30H23N3O2S. The second-order valence-corrected chi connectivity index (χ2v) is 9.55. The number of nitrogens with one attached hydrogen (secondary N) is 1. The average Bonchev–Trinajstić information content (AvgIpc) is 3.57. The van der Waals surface area contributed by atoms with Gasteiger partial charge in [-0.25, -0.2) is 0 Å². The molecule has 0 aliphatic heterocycles. The average molecular weight is 490 g/mol. The van der Waals surface area contributed by atoms with E-state index in [9.17, 15) is 4.79 Å². The van der Waals surface area contributed by atoms with Crippen LogP contribution in [-0.4, -0.2) is 15.7 Å². The van der Waals surface area contributed by atoms with Crippen molar-refractivity contribution in [2.75, 3.05) is 5.32 Å². The number of aromatic nitrogens is 2. The van der Waals surface area contributed by atoms with Crippen molar-refractivity contribution in [1.29, 1.82) is 0 Å². The van der Waals surface area contributed by atoms with Crippen LogP contribution in [0.1, 0.15) is 20.8 Å². The van der Waals surface area contributed by atoms with Gasteiger partial charge in [0, 0.05) is 11.8 Å². The third kappa shape index (κ3) is 4.72. The van der Waals surface area contributed by atoms with Crippen molar-refractivity contribution < 1.29 is 9.53 Å². The highest BCUT2D eigenvalue weighted by atomic mass is 32.1. The summed E-state index contributed by atoms with van der Waals surface area (Å²) in [5.41, 5.74) is 2.82. The molecule has 0 spiro atoms. The second-order valence-electron chi connectivity index (χ2n) is 8.64. The molecule has 0 saturated carbocycles. The number of amides is 1. The van der Waals surface area contributed by atoms with Crippen LogP contribution >= 0.6 is 11.3 Å². The van der Waals surface area contributed by atoms with E-state index in [1.807, 2.05) is 58.7 Å². The lowest BCUT2D eigenvalue weighted by molar-refractivity contribution is 0.103. The third-order valence-electron chi connectivity index (χ3n) is 6.11. The van der Waals surface area contributed by atoms with E-state index < -0.39 is 0 Å². The van der Waals surface area contributed by atoms with Crippen LogP contribution in [-0.2, 0) is 13.2 Å². The molecule has 2 aromatic heterocycles. The Labute approximate surface area is 212 Å². The Morgan fingerprint density at radius 3 is 2.61 bits per heavy atom. The number of benzene rings is 4. The number of hydrogen-bond donors (Lipinski definition) is 1. The van der Waals surface area contributed by atoms with Crippen molar-refractivity contribution in [3.8, 4) is 5.75 Å². The minimum atomic E-state index is -0.151. The number of ether oxygens (including phenoxy) is 1. The van der Waals surface area contributed by atoms with Gasteiger partial charge in [0.25, 0.3) is 5.91 Å². The minimum Gasteiger partial charge on any atom is -0.489 e. The van der Waals surface area contributed by atoms with Crippen LogP contribution in [0, 0.1) is 0 Å². The SMILES string of the molecule is O=C(Nc1cnn(Cc2cccc3ccccc23)c1)c1cc(COc2ccc3ccccc3c2)cs1. The van der Waals surface area contributed by atoms with E-state index in [0.717, 1.165) is 16.7 Å². The highest BCUT2D eigenvalue weighted by molar-refractivity contribution is 7.12. The van der Waals surface area contributed by atoms with Crippen molar-refractivity contribution >= 4 is 44.5 Å². The van der Waals surface area contributed by atoms with Gasteiger partial charge in [-0.1, -0.05) is 72.8 Å². The van der Waals surface area contributed by atoms with Gasteiger partial charge in [0.05, 0.1) is 23.3 Å². The second kappa shape index (κ2) is 9.68. The Balaban J connectivity index is 1.08. The van der Waals surface area contributed by atoms with E-state index in [1.165, 1.54) is 33.1 Å². The summed E-state index contributed by atoms with van der Waals surface area (Å²) in [6.07, 6.45) is 3.54. The molecule has 0 aliphatic carbocycles. The van der Waals surface area contributed by atoms with E-state index in [0.29, 0.717) is 23.7 Å². The van der Waals surface area contributed by atoms with E-state index in [4.69, 9.17) is 4.74 Å². The number of thiophene rings is 1. The maximum atomic E-state index is 12.8. The highest BCUT2D eigenvalue weighted by Gasteiger charge is 2.12. The van der Waals surface area contributed by atoms with E-state index in [2.05, 4.69) is 58.9 Å². The monoisotopic (exact) mass is 489 g/mol. The Bertz CT molecular complexity index is 1680. The number of carbonyl (C=O) groups is 1. The normalized spacial score (nSPS) is 11.1. The fourth-order valence-electron chi connectivity index (χ4n) is 4.31. The number of fused-ring (bicyclic) bond motifs is 2. The van der Waals surface area contributed by atoms with Gasteiger partial charge >= 0.3 is 0 Å². The van der Waals surface area contributed by atoms with Crippen molar-refractivity contribution in [2.24, 2.45) is 0 Å². The Morgan fingerprint density at radius 2 is 1.69 bits per heavy atom. The number of rotatable bonds is 7. The molecule has 6 rings (SSSR count). The van der Waals surface area contributed by atoms with Gasteiger partial charge in [0.15, 0.2) is 0 Å². The summed E-state index contributed by atoms with van der Waals surface area (Å²) >= 11 is 1.41. The summed E-state index contributed by atoms with van der Waals surface area (Å²) in [4.78, 5) is 13.4. The first-order valence-corrected chi connectivity index (χ1v) is 12.6. The first-order chi connectivity index (χ1) is 17.7. The van der Waals surface area contributed by atoms with E-state index in [1.54, 1.807) is 6.20 Å². The van der Waals surface area contributed by atoms with Crippen molar-refractivity contribution in [1.82, 2.24) is 9.78 Å². The molecule has 0 atom stereocenters. The van der Waals surface area contributed by atoms with Crippen LogP contribution in [0.4, 0.5) is 5.69 Å². The summed E-state index contributed by atoms with van der Waals surface area (Å²) in [5, 5.41) is 14.1. The van der Waals surface area contributed by atoms with Gasteiger partial charge in [0.2, 0.25) is 0 Å². The van der Waals surface area contributed by atoms with Crippen molar-refractivity contribution in [3.63, 3.8) is 0 Å². The molecule has 176 valence electrons. The predicted molar refractivity (Wildman–Crippen MR) is 146 cm³/mol. The summed E-state index contributed by atoms with van der Waals surface area (Å²) in [6.45, 7) is 1.04. The minimum absolute atomic E-state index is 0.151. The van der Waals surface area contributed by atoms with Gasteiger partial charge in [-0.3, -0.25) is 9.48 Å². The fourth-order valence-corrected chi connectivity index (χ4v) is 5.10. The molecule has 0 bridgehead atoms. The zero-order valence-corrected chi connectivity index (χ0v) is 20.2. The molecule has 2 heterocycles. The van der Waals surface area contributed by atoms with Gasteiger partial charge in [-0.15, -0.1) is 11.3 Å². The molecule has 4 aromatic carbocycles. The van der Waals surface area contributed by atoms with Crippen molar-refractivity contribution in [2.45, 2.75) is 13.2 Å². The summed E-state index contributed by atoms with van der Waals surface area (Å²) in [6, 6.07) is 30.7. The van der Waals surface area contributed by atoms with Crippen LogP contribution in [0.25, 0.3) is 21.5 Å². The first-order valence-electron chi connectivity index (χ1n) is 11.7. The number of carbonyl (C=O) groups excluding carboxylic acids is 1. The zero-order valence-electron chi connectivity index (χ0n) is 19.4. The molecule has 6 heteroatoms. The summed E-state index contributed by atoms with van der Waals surface area (Å²) < 4.78 is 7.81.